The average Bonchev–Trinajstić information content (AvgIpc) is 2.81. The summed E-state index contributed by atoms with van der Waals surface area (Å²) in [6.07, 6.45) is 29.2. The van der Waals surface area contributed by atoms with Gasteiger partial charge in [0.15, 0.2) is 0 Å². The van der Waals surface area contributed by atoms with Crippen molar-refractivity contribution in [1.29, 1.82) is 0 Å². The molecule has 0 saturated carbocycles. The lowest BCUT2D eigenvalue weighted by atomic mass is 9.72. The molecule has 0 bridgehead atoms. The zero-order chi connectivity index (χ0) is 27.5. The topological polar surface area (TPSA) is 43.4 Å². The van der Waals surface area contributed by atoms with E-state index in [-0.39, 0.29) is 5.41 Å². The molecule has 3 heteroatoms. The van der Waals surface area contributed by atoms with E-state index < -0.39 is 11.9 Å². The highest BCUT2D eigenvalue weighted by Gasteiger charge is 2.26. The lowest BCUT2D eigenvalue weighted by molar-refractivity contribution is -0.156. The van der Waals surface area contributed by atoms with E-state index in [4.69, 9.17) is 4.74 Å². The van der Waals surface area contributed by atoms with Gasteiger partial charge < -0.3 is 4.74 Å². The third-order valence-corrected chi connectivity index (χ3v) is 7.32. The molecule has 3 nitrogen and oxygen atoms in total. The van der Waals surface area contributed by atoms with Gasteiger partial charge in [-0.1, -0.05) is 127 Å². The van der Waals surface area contributed by atoms with E-state index in [0.29, 0.717) is 6.42 Å². The van der Waals surface area contributed by atoms with Crippen LogP contribution in [0, 0.1) is 5.41 Å². The third-order valence-electron chi connectivity index (χ3n) is 7.32. The molecule has 1 rings (SSSR count). The summed E-state index contributed by atoms with van der Waals surface area (Å²) in [5.41, 5.74) is 5.08. The summed E-state index contributed by atoms with van der Waals surface area (Å²) < 4.78 is 4.96. The fraction of sp³-hybridized carbons (Fsp3) is 0.647. The summed E-state index contributed by atoms with van der Waals surface area (Å²) in [4.78, 5) is 24.0. The monoisotopic (exact) mass is 510 g/mol. The first-order valence-electron chi connectivity index (χ1n) is 14.8. The van der Waals surface area contributed by atoms with Crippen molar-refractivity contribution in [3.63, 3.8) is 0 Å². The van der Waals surface area contributed by atoms with Crippen molar-refractivity contribution in [2.24, 2.45) is 5.41 Å². The Labute approximate surface area is 228 Å². The van der Waals surface area contributed by atoms with Crippen molar-refractivity contribution in [2.45, 2.75) is 138 Å². The number of carbonyl (C=O) groups excluding carboxylic acids is 2. The van der Waals surface area contributed by atoms with Gasteiger partial charge in [0, 0.05) is 12.5 Å². The number of carbonyl (C=O) groups is 2. The number of unbranched alkanes of at least 4 members (excludes halogenated alkanes) is 10. The minimum atomic E-state index is -0.585. The molecule has 0 aliphatic heterocycles. The molecule has 0 unspecified atom stereocenters. The van der Waals surface area contributed by atoms with Crippen LogP contribution in [0.1, 0.15) is 138 Å². The highest BCUT2D eigenvalue weighted by atomic mass is 16.6. The molecule has 0 aromatic rings. The number of hydrogen-bond donors (Lipinski definition) is 0. The molecule has 0 N–H and O–H groups in total. The zero-order valence-corrected chi connectivity index (χ0v) is 24.8. The van der Waals surface area contributed by atoms with Gasteiger partial charge in [0.25, 0.3) is 0 Å². The van der Waals surface area contributed by atoms with E-state index in [9.17, 15) is 9.59 Å². The van der Waals surface area contributed by atoms with Crippen LogP contribution in [0.25, 0.3) is 0 Å². The van der Waals surface area contributed by atoms with Gasteiger partial charge in [0.2, 0.25) is 0 Å². The van der Waals surface area contributed by atoms with Crippen LogP contribution < -0.4 is 0 Å². The Bertz CT molecular complexity index is 848. The minimum absolute atomic E-state index is 0.235. The normalized spacial score (nSPS) is 16.7. The molecule has 0 radical (unpaired) electrons. The first-order valence-corrected chi connectivity index (χ1v) is 14.8. The fourth-order valence-electron chi connectivity index (χ4n) is 4.99. The van der Waals surface area contributed by atoms with Crippen molar-refractivity contribution in [3.8, 4) is 0 Å². The summed E-state index contributed by atoms with van der Waals surface area (Å²) >= 11 is 0. The molecule has 0 aromatic heterocycles. The molecular weight excluding hydrogens is 456 g/mol. The van der Waals surface area contributed by atoms with Gasteiger partial charge >= 0.3 is 11.9 Å². The second-order valence-electron chi connectivity index (χ2n) is 11.5. The summed E-state index contributed by atoms with van der Waals surface area (Å²) in [6.45, 7) is 13.1. The maximum Gasteiger partial charge on any atom is 0.338 e. The van der Waals surface area contributed by atoms with E-state index in [0.717, 1.165) is 30.4 Å². The number of esters is 2. The SMILES string of the molecule is CCCCCCCCCCCCCC(=O)OC(=O)/C=C(C)/C=C/C=C(C)/C=C/C1=C(C)CCCC1(C)C. The Morgan fingerprint density at radius 1 is 0.865 bits per heavy atom. The molecule has 0 fully saturated rings. The molecule has 0 spiro atoms. The van der Waals surface area contributed by atoms with E-state index in [1.165, 1.54) is 87.9 Å². The maximum absolute atomic E-state index is 12.0. The van der Waals surface area contributed by atoms with Crippen LogP contribution in [-0.4, -0.2) is 11.9 Å². The van der Waals surface area contributed by atoms with E-state index in [2.05, 4.69) is 46.8 Å². The molecular formula is C34H54O3. The summed E-state index contributed by atoms with van der Waals surface area (Å²) in [5.74, 6) is -1.01. The van der Waals surface area contributed by atoms with Crippen LogP contribution in [-0.2, 0) is 14.3 Å². The standard InChI is InChI=1S/C34H54O3/c1-7-8-9-10-11-12-13-14-15-16-17-23-32(35)37-33(36)27-29(3)21-18-20-28(2)24-25-31-30(4)22-19-26-34(31,5)6/h18,20-21,24-25,27H,7-17,19,22-23,26H2,1-6H3/b21-18+,25-24+,28-20+,29-27+. The highest BCUT2D eigenvalue weighted by Crippen LogP contribution is 2.40. The van der Waals surface area contributed by atoms with Gasteiger partial charge in [-0.2, -0.15) is 0 Å². The van der Waals surface area contributed by atoms with E-state index in [1.54, 1.807) is 0 Å². The summed E-state index contributed by atoms with van der Waals surface area (Å²) in [5, 5.41) is 0. The van der Waals surface area contributed by atoms with Gasteiger partial charge in [-0.3, -0.25) is 4.79 Å². The summed E-state index contributed by atoms with van der Waals surface area (Å²) in [7, 11) is 0. The van der Waals surface area contributed by atoms with Crippen LogP contribution in [0.5, 0.6) is 0 Å². The molecule has 1 aliphatic rings. The number of rotatable bonds is 17. The Hall–Kier alpha value is -2.16. The average molecular weight is 511 g/mol. The smallest absolute Gasteiger partial charge is 0.338 e. The van der Waals surface area contributed by atoms with Gasteiger partial charge in [-0.15, -0.1) is 0 Å². The molecule has 0 aromatic carbocycles. The van der Waals surface area contributed by atoms with Crippen LogP contribution in [0.4, 0.5) is 0 Å². The predicted octanol–water partition coefficient (Wildman–Crippen LogP) is 10.3. The number of hydrogen-bond acceptors (Lipinski definition) is 3. The molecule has 0 heterocycles. The Morgan fingerprint density at radius 3 is 2.05 bits per heavy atom. The third kappa shape index (κ3) is 15.6. The van der Waals surface area contributed by atoms with Crippen molar-refractivity contribution in [2.75, 3.05) is 0 Å². The van der Waals surface area contributed by atoms with Crippen molar-refractivity contribution >= 4 is 11.9 Å². The van der Waals surface area contributed by atoms with Gasteiger partial charge in [0.05, 0.1) is 0 Å². The van der Waals surface area contributed by atoms with Crippen LogP contribution in [0.15, 0.2) is 58.7 Å². The fourth-order valence-corrected chi connectivity index (χ4v) is 4.99. The highest BCUT2D eigenvalue weighted by molar-refractivity contribution is 5.92. The van der Waals surface area contributed by atoms with Gasteiger partial charge in [0.1, 0.15) is 0 Å². The molecule has 1 aliphatic carbocycles. The molecule has 0 saturated heterocycles. The molecule has 37 heavy (non-hydrogen) atoms. The van der Waals surface area contributed by atoms with Gasteiger partial charge in [-0.05, 0) is 63.0 Å². The van der Waals surface area contributed by atoms with Crippen LogP contribution >= 0.6 is 0 Å². The Morgan fingerprint density at radius 2 is 1.46 bits per heavy atom. The van der Waals surface area contributed by atoms with Crippen LogP contribution in [0.2, 0.25) is 0 Å². The van der Waals surface area contributed by atoms with Crippen molar-refractivity contribution < 1.29 is 14.3 Å². The minimum Gasteiger partial charge on any atom is -0.390 e. The molecule has 208 valence electrons. The van der Waals surface area contributed by atoms with Crippen molar-refractivity contribution in [1.82, 2.24) is 0 Å². The van der Waals surface area contributed by atoms with E-state index >= 15 is 0 Å². The quantitative estimate of drug-likeness (QED) is 0.0642. The largest absolute Gasteiger partial charge is 0.390 e. The summed E-state index contributed by atoms with van der Waals surface area (Å²) in [6, 6.07) is 0. The van der Waals surface area contributed by atoms with Gasteiger partial charge in [-0.25, -0.2) is 4.79 Å². The first kappa shape index (κ1) is 32.9. The van der Waals surface area contributed by atoms with Crippen LogP contribution in [0.3, 0.4) is 0 Å². The zero-order valence-electron chi connectivity index (χ0n) is 24.8. The van der Waals surface area contributed by atoms with E-state index in [1.807, 2.05) is 25.2 Å². The number of allylic oxidation sites excluding steroid dienone is 9. The predicted molar refractivity (Wildman–Crippen MR) is 158 cm³/mol. The Balaban J connectivity index is 2.29. The lowest BCUT2D eigenvalue weighted by Crippen LogP contribution is -2.19. The second kappa shape index (κ2) is 19.0. The van der Waals surface area contributed by atoms with Crippen molar-refractivity contribution in [3.05, 3.63) is 58.7 Å². The first-order chi connectivity index (χ1) is 17.7. The molecule has 0 amide bonds. The Kier molecular flexibility index (Phi) is 16.9. The maximum atomic E-state index is 12.0. The molecule has 0 atom stereocenters. The lowest BCUT2D eigenvalue weighted by Gasteiger charge is -2.32. The second-order valence-corrected chi connectivity index (χ2v) is 11.5. The number of ether oxygens (including phenoxy) is 1.